The summed E-state index contributed by atoms with van der Waals surface area (Å²) in [5.74, 6) is 0.0303. The van der Waals surface area contributed by atoms with Gasteiger partial charge in [0.2, 0.25) is 5.91 Å². The Bertz CT molecular complexity index is 417. The van der Waals surface area contributed by atoms with Crippen LogP contribution in [0, 0.1) is 11.7 Å². The van der Waals surface area contributed by atoms with E-state index in [-0.39, 0.29) is 23.4 Å². The molecule has 0 aromatic heterocycles. The molecule has 19 heavy (non-hydrogen) atoms. The number of methoxy groups -OCH3 is 1. The number of carbonyl (C=O) groups excluding carboxylic acids is 1. The highest BCUT2D eigenvalue weighted by Gasteiger charge is 2.13. The van der Waals surface area contributed by atoms with E-state index in [9.17, 15) is 9.18 Å². The van der Waals surface area contributed by atoms with Crippen LogP contribution in [0.4, 0.5) is 4.39 Å². The number of nitrogens with one attached hydrogen (secondary N) is 1. The molecular formula is C15H22FNO2. The van der Waals surface area contributed by atoms with E-state index in [0.717, 1.165) is 18.4 Å². The van der Waals surface area contributed by atoms with Crippen molar-refractivity contribution in [1.29, 1.82) is 0 Å². The van der Waals surface area contributed by atoms with E-state index in [0.29, 0.717) is 13.0 Å². The molecule has 0 unspecified atom stereocenters. The fourth-order valence-corrected chi connectivity index (χ4v) is 2.00. The molecule has 1 aromatic carbocycles. The van der Waals surface area contributed by atoms with Gasteiger partial charge in [-0.1, -0.05) is 19.9 Å². The average molecular weight is 267 g/mol. The molecule has 0 bridgehead atoms. The molecule has 1 aromatic rings. The number of benzene rings is 1. The van der Waals surface area contributed by atoms with Crippen LogP contribution in [-0.4, -0.2) is 19.6 Å². The van der Waals surface area contributed by atoms with Gasteiger partial charge in [0, 0.05) is 12.5 Å². The number of ether oxygens (including phenoxy) is 1. The van der Waals surface area contributed by atoms with Crippen LogP contribution in [-0.2, 0) is 11.2 Å². The number of hydrogen-bond donors (Lipinski definition) is 1. The van der Waals surface area contributed by atoms with Gasteiger partial charge in [0.15, 0.2) is 11.6 Å². The van der Waals surface area contributed by atoms with Gasteiger partial charge in [-0.2, -0.15) is 0 Å². The SMILES string of the molecule is CCC(CC)C(=O)NCCc1ccc(OC)c(F)c1. The summed E-state index contributed by atoms with van der Waals surface area (Å²) in [4.78, 5) is 11.8. The van der Waals surface area contributed by atoms with Crippen LogP contribution in [0.5, 0.6) is 5.75 Å². The zero-order chi connectivity index (χ0) is 14.3. The number of hydrogen-bond acceptors (Lipinski definition) is 2. The predicted octanol–water partition coefficient (Wildman–Crippen LogP) is 2.93. The summed E-state index contributed by atoms with van der Waals surface area (Å²) in [7, 11) is 1.44. The Kier molecular flexibility index (Phi) is 6.33. The van der Waals surface area contributed by atoms with Gasteiger partial charge in [-0.05, 0) is 37.0 Å². The van der Waals surface area contributed by atoms with Gasteiger partial charge < -0.3 is 10.1 Å². The highest BCUT2D eigenvalue weighted by molar-refractivity contribution is 5.78. The largest absolute Gasteiger partial charge is 0.494 e. The van der Waals surface area contributed by atoms with Crippen molar-refractivity contribution in [2.24, 2.45) is 5.92 Å². The minimum absolute atomic E-state index is 0.0765. The third-order valence-corrected chi connectivity index (χ3v) is 3.29. The first kappa shape index (κ1) is 15.5. The quantitative estimate of drug-likeness (QED) is 0.825. The van der Waals surface area contributed by atoms with Crippen molar-refractivity contribution in [3.8, 4) is 5.75 Å². The Morgan fingerprint density at radius 1 is 1.37 bits per heavy atom. The van der Waals surface area contributed by atoms with Gasteiger partial charge in [-0.25, -0.2) is 4.39 Å². The Balaban J connectivity index is 2.45. The van der Waals surface area contributed by atoms with Gasteiger partial charge in [0.05, 0.1) is 7.11 Å². The normalized spacial score (nSPS) is 10.6. The molecular weight excluding hydrogens is 245 g/mol. The van der Waals surface area contributed by atoms with E-state index in [2.05, 4.69) is 5.32 Å². The average Bonchev–Trinajstić information content (AvgIpc) is 2.40. The molecule has 4 heteroatoms. The van der Waals surface area contributed by atoms with Crippen LogP contribution in [0.2, 0.25) is 0 Å². The maximum absolute atomic E-state index is 13.5. The molecule has 0 saturated heterocycles. The first-order valence-electron chi connectivity index (χ1n) is 6.72. The highest BCUT2D eigenvalue weighted by Crippen LogP contribution is 2.17. The van der Waals surface area contributed by atoms with Crippen LogP contribution in [0.25, 0.3) is 0 Å². The lowest BCUT2D eigenvalue weighted by molar-refractivity contribution is -0.125. The first-order chi connectivity index (χ1) is 9.12. The van der Waals surface area contributed by atoms with Crippen LogP contribution < -0.4 is 10.1 Å². The van der Waals surface area contributed by atoms with E-state index in [4.69, 9.17) is 4.74 Å². The van der Waals surface area contributed by atoms with Gasteiger partial charge in [0.1, 0.15) is 0 Å². The third-order valence-electron chi connectivity index (χ3n) is 3.29. The van der Waals surface area contributed by atoms with Crippen molar-refractivity contribution >= 4 is 5.91 Å². The molecule has 0 atom stereocenters. The molecule has 1 rings (SSSR count). The zero-order valence-electron chi connectivity index (χ0n) is 11.8. The number of amides is 1. The van der Waals surface area contributed by atoms with Crippen molar-refractivity contribution in [2.75, 3.05) is 13.7 Å². The van der Waals surface area contributed by atoms with E-state index in [1.54, 1.807) is 6.07 Å². The Hall–Kier alpha value is -1.58. The van der Waals surface area contributed by atoms with Crippen LogP contribution >= 0.6 is 0 Å². The summed E-state index contributed by atoms with van der Waals surface area (Å²) in [6.45, 7) is 4.54. The lowest BCUT2D eigenvalue weighted by Crippen LogP contribution is -2.31. The second-order valence-electron chi connectivity index (χ2n) is 4.52. The summed E-state index contributed by atoms with van der Waals surface area (Å²) in [5.41, 5.74) is 0.850. The number of halogens is 1. The zero-order valence-corrected chi connectivity index (χ0v) is 11.8. The van der Waals surface area contributed by atoms with Crippen LogP contribution in [0.15, 0.2) is 18.2 Å². The smallest absolute Gasteiger partial charge is 0.223 e. The van der Waals surface area contributed by atoms with Crippen molar-refractivity contribution in [3.05, 3.63) is 29.6 Å². The summed E-state index contributed by atoms with van der Waals surface area (Å²) in [5, 5.41) is 2.89. The molecule has 0 aliphatic rings. The maximum atomic E-state index is 13.5. The molecule has 0 heterocycles. The maximum Gasteiger partial charge on any atom is 0.223 e. The molecule has 0 aliphatic heterocycles. The highest BCUT2D eigenvalue weighted by atomic mass is 19.1. The summed E-state index contributed by atoms with van der Waals surface area (Å²) in [6, 6.07) is 4.86. The van der Waals surface area contributed by atoms with Gasteiger partial charge in [0.25, 0.3) is 0 Å². The molecule has 1 amide bonds. The standard InChI is InChI=1S/C15H22FNO2/c1-4-12(5-2)15(18)17-9-8-11-6-7-14(19-3)13(16)10-11/h6-7,10,12H,4-5,8-9H2,1-3H3,(H,17,18). The predicted molar refractivity (Wildman–Crippen MR) is 73.7 cm³/mol. The molecule has 106 valence electrons. The molecule has 0 saturated carbocycles. The van der Waals surface area contributed by atoms with Crippen molar-refractivity contribution in [2.45, 2.75) is 33.1 Å². The molecule has 0 aliphatic carbocycles. The van der Waals surface area contributed by atoms with E-state index in [1.165, 1.54) is 13.2 Å². The second-order valence-corrected chi connectivity index (χ2v) is 4.52. The van der Waals surface area contributed by atoms with Crippen molar-refractivity contribution < 1.29 is 13.9 Å². The van der Waals surface area contributed by atoms with Crippen LogP contribution in [0.1, 0.15) is 32.3 Å². The lowest BCUT2D eigenvalue weighted by Gasteiger charge is -2.12. The van der Waals surface area contributed by atoms with Gasteiger partial charge in [-0.3, -0.25) is 4.79 Å². The summed E-state index contributed by atoms with van der Waals surface area (Å²) < 4.78 is 18.3. The summed E-state index contributed by atoms with van der Waals surface area (Å²) in [6.07, 6.45) is 2.31. The molecule has 0 spiro atoms. The molecule has 3 nitrogen and oxygen atoms in total. The summed E-state index contributed by atoms with van der Waals surface area (Å²) >= 11 is 0. The van der Waals surface area contributed by atoms with E-state index >= 15 is 0 Å². The van der Waals surface area contributed by atoms with Crippen molar-refractivity contribution in [1.82, 2.24) is 5.32 Å². The lowest BCUT2D eigenvalue weighted by atomic mass is 10.0. The number of rotatable bonds is 7. The monoisotopic (exact) mass is 267 g/mol. The minimum Gasteiger partial charge on any atom is -0.494 e. The van der Waals surface area contributed by atoms with Gasteiger partial charge >= 0.3 is 0 Å². The molecule has 1 N–H and O–H groups in total. The Morgan fingerprint density at radius 2 is 2.05 bits per heavy atom. The minimum atomic E-state index is -0.369. The first-order valence-corrected chi connectivity index (χ1v) is 6.72. The Morgan fingerprint density at radius 3 is 2.58 bits per heavy atom. The molecule has 0 radical (unpaired) electrons. The van der Waals surface area contributed by atoms with E-state index < -0.39 is 0 Å². The fourth-order valence-electron chi connectivity index (χ4n) is 2.00. The Labute approximate surface area is 114 Å². The molecule has 0 fully saturated rings. The fraction of sp³-hybridized carbons (Fsp3) is 0.533. The number of carbonyl (C=O) groups is 1. The second kappa shape index (κ2) is 7.77. The van der Waals surface area contributed by atoms with Crippen LogP contribution in [0.3, 0.4) is 0 Å². The van der Waals surface area contributed by atoms with Gasteiger partial charge in [-0.15, -0.1) is 0 Å². The van der Waals surface area contributed by atoms with Crippen molar-refractivity contribution in [3.63, 3.8) is 0 Å². The third kappa shape index (κ3) is 4.54. The van der Waals surface area contributed by atoms with E-state index in [1.807, 2.05) is 19.9 Å². The topological polar surface area (TPSA) is 38.3 Å².